The molecule has 0 spiro atoms. The zero-order chi connectivity index (χ0) is 16.0. The Hall–Kier alpha value is -1.70. The predicted molar refractivity (Wildman–Crippen MR) is 85.4 cm³/mol. The Morgan fingerprint density at radius 3 is 2.55 bits per heavy atom. The van der Waals surface area contributed by atoms with Gasteiger partial charge in [-0.15, -0.1) is 11.3 Å². The highest BCUT2D eigenvalue weighted by molar-refractivity contribution is 7.91. The van der Waals surface area contributed by atoms with Crippen LogP contribution in [0.25, 0.3) is 0 Å². The first kappa shape index (κ1) is 16.7. The van der Waals surface area contributed by atoms with Gasteiger partial charge in [-0.25, -0.2) is 8.42 Å². The van der Waals surface area contributed by atoms with Gasteiger partial charge in [-0.3, -0.25) is 4.79 Å². The molecule has 0 saturated heterocycles. The van der Waals surface area contributed by atoms with Crippen LogP contribution in [-0.2, 0) is 14.6 Å². The lowest BCUT2D eigenvalue weighted by molar-refractivity contribution is -0.121. The number of aliphatic hydroxyl groups excluding tert-OH is 1. The molecular formula is C15H17NO4S2. The molecule has 1 heterocycles. The van der Waals surface area contributed by atoms with Crippen molar-refractivity contribution in [3.8, 4) is 0 Å². The second-order valence-corrected chi connectivity index (χ2v) is 7.81. The average Bonchev–Trinajstić information content (AvgIpc) is 3.06. The molecule has 0 aliphatic carbocycles. The number of sulfone groups is 1. The quantitative estimate of drug-likeness (QED) is 0.805. The number of rotatable bonds is 7. The molecule has 0 aliphatic rings. The van der Waals surface area contributed by atoms with E-state index >= 15 is 0 Å². The van der Waals surface area contributed by atoms with Crippen molar-refractivity contribution < 1.29 is 18.3 Å². The van der Waals surface area contributed by atoms with Gasteiger partial charge in [0.25, 0.3) is 0 Å². The number of thiophene rings is 1. The van der Waals surface area contributed by atoms with Crippen LogP contribution in [0.15, 0.2) is 52.7 Å². The Labute approximate surface area is 133 Å². The Balaban J connectivity index is 1.81. The molecule has 5 nitrogen and oxygen atoms in total. The first-order valence-electron chi connectivity index (χ1n) is 6.75. The maximum absolute atomic E-state index is 12.0. The Bertz CT molecular complexity index is 696. The highest BCUT2D eigenvalue weighted by Gasteiger charge is 2.17. The molecule has 2 aromatic rings. The molecule has 1 amide bonds. The summed E-state index contributed by atoms with van der Waals surface area (Å²) in [6, 6.07) is 11.6. The van der Waals surface area contributed by atoms with E-state index in [0.29, 0.717) is 0 Å². The number of hydrogen-bond donors (Lipinski definition) is 2. The molecule has 1 aromatic carbocycles. The topological polar surface area (TPSA) is 83.5 Å². The van der Waals surface area contributed by atoms with Crippen molar-refractivity contribution >= 4 is 27.1 Å². The van der Waals surface area contributed by atoms with Crippen LogP contribution in [-0.4, -0.2) is 31.7 Å². The summed E-state index contributed by atoms with van der Waals surface area (Å²) in [7, 11) is -3.46. The first-order chi connectivity index (χ1) is 10.5. The highest BCUT2D eigenvalue weighted by atomic mass is 32.2. The standard InChI is InChI=1S/C15H17NO4S2/c17-13(14-7-4-9-21-14)11-16-15(18)8-10-22(19,20)12-5-2-1-3-6-12/h1-7,9,13,17H,8,10-11H2,(H,16,18). The van der Waals surface area contributed by atoms with Gasteiger partial charge < -0.3 is 10.4 Å². The van der Waals surface area contributed by atoms with Gasteiger partial charge in [-0.2, -0.15) is 0 Å². The van der Waals surface area contributed by atoms with E-state index in [-0.39, 0.29) is 23.6 Å². The van der Waals surface area contributed by atoms with E-state index in [0.717, 1.165) is 4.88 Å². The van der Waals surface area contributed by atoms with Crippen LogP contribution >= 0.6 is 11.3 Å². The number of aliphatic hydroxyl groups is 1. The van der Waals surface area contributed by atoms with Gasteiger partial charge >= 0.3 is 0 Å². The Morgan fingerprint density at radius 2 is 1.91 bits per heavy atom. The van der Waals surface area contributed by atoms with Crippen molar-refractivity contribution in [1.82, 2.24) is 5.32 Å². The third-order valence-electron chi connectivity index (χ3n) is 3.06. The molecule has 1 unspecified atom stereocenters. The number of carbonyl (C=O) groups excluding carboxylic acids is 1. The summed E-state index contributed by atoms with van der Waals surface area (Å²) >= 11 is 1.40. The fraction of sp³-hybridized carbons (Fsp3) is 0.267. The molecule has 1 aromatic heterocycles. The van der Waals surface area contributed by atoms with E-state index in [2.05, 4.69) is 5.32 Å². The van der Waals surface area contributed by atoms with Gasteiger partial charge in [0.2, 0.25) is 5.91 Å². The molecule has 0 radical (unpaired) electrons. The lowest BCUT2D eigenvalue weighted by atomic mass is 10.3. The minimum absolute atomic E-state index is 0.0741. The molecule has 118 valence electrons. The SMILES string of the molecule is O=C(CCS(=O)(=O)c1ccccc1)NCC(O)c1cccs1. The fourth-order valence-corrected chi connectivity index (χ4v) is 3.83. The Kier molecular flexibility index (Phi) is 5.70. The van der Waals surface area contributed by atoms with E-state index in [4.69, 9.17) is 0 Å². The maximum atomic E-state index is 12.0. The molecule has 22 heavy (non-hydrogen) atoms. The number of carbonyl (C=O) groups is 1. The van der Waals surface area contributed by atoms with E-state index in [9.17, 15) is 18.3 Å². The van der Waals surface area contributed by atoms with Crippen molar-refractivity contribution in [2.75, 3.05) is 12.3 Å². The van der Waals surface area contributed by atoms with Crippen molar-refractivity contribution in [1.29, 1.82) is 0 Å². The second kappa shape index (κ2) is 7.53. The molecular weight excluding hydrogens is 322 g/mol. The van der Waals surface area contributed by atoms with E-state index in [1.807, 2.05) is 11.4 Å². The van der Waals surface area contributed by atoms with Gasteiger partial charge in [0.15, 0.2) is 9.84 Å². The first-order valence-corrected chi connectivity index (χ1v) is 9.28. The van der Waals surface area contributed by atoms with Crippen LogP contribution in [0.4, 0.5) is 0 Å². The smallest absolute Gasteiger partial charge is 0.221 e. The van der Waals surface area contributed by atoms with Gasteiger partial charge in [-0.1, -0.05) is 24.3 Å². The van der Waals surface area contributed by atoms with Gasteiger partial charge in [0, 0.05) is 17.8 Å². The largest absolute Gasteiger partial charge is 0.386 e. The minimum Gasteiger partial charge on any atom is -0.386 e. The molecule has 1 atom stereocenters. The predicted octanol–water partition coefficient (Wildman–Crippen LogP) is 1.76. The van der Waals surface area contributed by atoms with Crippen LogP contribution in [0.3, 0.4) is 0 Å². The molecule has 0 aliphatic heterocycles. The van der Waals surface area contributed by atoms with Crippen LogP contribution in [0.1, 0.15) is 17.4 Å². The van der Waals surface area contributed by atoms with Crippen molar-refractivity contribution in [2.45, 2.75) is 17.4 Å². The molecule has 0 bridgehead atoms. The number of hydrogen-bond acceptors (Lipinski definition) is 5. The Morgan fingerprint density at radius 1 is 1.18 bits per heavy atom. The summed E-state index contributed by atoms with van der Waals surface area (Å²) in [4.78, 5) is 12.7. The number of nitrogens with one attached hydrogen (secondary N) is 1. The maximum Gasteiger partial charge on any atom is 0.221 e. The summed E-state index contributed by atoms with van der Waals surface area (Å²) in [6.45, 7) is 0.0741. The minimum atomic E-state index is -3.46. The third-order valence-corrected chi connectivity index (χ3v) is 5.77. The van der Waals surface area contributed by atoms with Crippen LogP contribution in [0, 0.1) is 0 Å². The van der Waals surface area contributed by atoms with E-state index in [1.54, 1.807) is 24.3 Å². The highest BCUT2D eigenvalue weighted by Crippen LogP contribution is 2.17. The fourth-order valence-electron chi connectivity index (χ4n) is 1.85. The summed E-state index contributed by atoms with van der Waals surface area (Å²) in [5.74, 6) is -0.645. The zero-order valence-corrected chi connectivity index (χ0v) is 13.4. The zero-order valence-electron chi connectivity index (χ0n) is 11.8. The lowest BCUT2D eigenvalue weighted by Crippen LogP contribution is -2.29. The number of amides is 1. The van der Waals surface area contributed by atoms with Crippen molar-refractivity contribution in [2.24, 2.45) is 0 Å². The lowest BCUT2D eigenvalue weighted by Gasteiger charge is -2.10. The van der Waals surface area contributed by atoms with Crippen LogP contribution < -0.4 is 5.32 Å². The van der Waals surface area contributed by atoms with Gasteiger partial charge in [0.05, 0.1) is 10.6 Å². The van der Waals surface area contributed by atoms with Crippen molar-refractivity contribution in [3.05, 3.63) is 52.7 Å². The van der Waals surface area contributed by atoms with Crippen molar-refractivity contribution in [3.63, 3.8) is 0 Å². The molecule has 2 rings (SSSR count). The van der Waals surface area contributed by atoms with Crippen LogP contribution in [0.2, 0.25) is 0 Å². The van der Waals surface area contributed by atoms with E-state index in [1.165, 1.54) is 23.5 Å². The van der Waals surface area contributed by atoms with Crippen LogP contribution in [0.5, 0.6) is 0 Å². The second-order valence-electron chi connectivity index (χ2n) is 4.72. The summed E-state index contributed by atoms with van der Waals surface area (Å²) in [6.07, 6.45) is -0.899. The number of benzene rings is 1. The van der Waals surface area contributed by atoms with Gasteiger partial charge in [0.1, 0.15) is 6.10 Å². The summed E-state index contributed by atoms with van der Waals surface area (Å²) in [5.41, 5.74) is 0. The van der Waals surface area contributed by atoms with Gasteiger partial charge in [-0.05, 0) is 23.6 Å². The molecule has 0 saturated carbocycles. The normalized spacial score (nSPS) is 12.8. The third kappa shape index (κ3) is 4.66. The average molecular weight is 339 g/mol. The van der Waals surface area contributed by atoms with E-state index < -0.39 is 21.8 Å². The summed E-state index contributed by atoms with van der Waals surface area (Å²) in [5, 5.41) is 14.2. The molecule has 0 fully saturated rings. The monoisotopic (exact) mass is 339 g/mol. The summed E-state index contributed by atoms with van der Waals surface area (Å²) < 4.78 is 24.1. The molecule has 2 N–H and O–H groups in total. The molecule has 7 heteroatoms.